The molecule has 7 nitrogen and oxygen atoms in total. The maximum Gasteiger partial charge on any atom is 0.273 e. The van der Waals surface area contributed by atoms with Crippen LogP contribution in [0.25, 0.3) is 0 Å². The number of thiophene rings is 1. The molecule has 0 aliphatic heterocycles. The SMILES string of the molecule is CN(c1ccc(OCC(=O)NCCc2ccccn2)cc1)S(=O)(=O)c1cccs1. The minimum atomic E-state index is -3.58. The molecule has 0 bridgehead atoms. The Morgan fingerprint density at radius 2 is 1.93 bits per heavy atom. The molecule has 3 aromatic rings. The van der Waals surface area contributed by atoms with Crippen molar-refractivity contribution in [2.45, 2.75) is 10.6 Å². The van der Waals surface area contributed by atoms with Crippen molar-refractivity contribution in [3.05, 3.63) is 71.9 Å². The number of hydrogen-bond donors (Lipinski definition) is 1. The lowest BCUT2D eigenvalue weighted by Crippen LogP contribution is -2.30. The minimum Gasteiger partial charge on any atom is -0.484 e. The smallest absolute Gasteiger partial charge is 0.273 e. The van der Waals surface area contributed by atoms with E-state index in [0.717, 1.165) is 5.69 Å². The number of sulfonamides is 1. The maximum atomic E-state index is 12.5. The summed E-state index contributed by atoms with van der Waals surface area (Å²) >= 11 is 1.17. The highest BCUT2D eigenvalue weighted by atomic mass is 32.2. The van der Waals surface area contributed by atoms with E-state index in [4.69, 9.17) is 4.74 Å². The molecule has 9 heteroatoms. The first-order chi connectivity index (χ1) is 14.0. The fourth-order valence-electron chi connectivity index (χ4n) is 2.51. The van der Waals surface area contributed by atoms with Gasteiger partial charge in [-0.05, 0) is 47.8 Å². The second kappa shape index (κ2) is 9.53. The summed E-state index contributed by atoms with van der Waals surface area (Å²) < 4.78 is 32.1. The van der Waals surface area contributed by atoms with Gasteiger partial charge in [0.25, 0.3) is 15.9 Å². The molecule has 1 N–H and O–H groups in total. The van der Waals surface area contributed by atoms with Gasteiger partial charge in [-0.15, -0.1) is 11.3 Å². The third kappa shape index (κ3) is 5.55. The molecule has 0 saturated carbocycles. The number of ether oxygens (including phenoxy) is 1. The van der Waals surface area contributed by atoms with Crippen molar-refractivity contribution in [1.82, 2.24) is 10.3 Å². The number of nitrogens with zero attached hydrogens (tertiary/aromatic N) is 2. The van der Waals surface area contributed by atoms with Crippen molar-refractivity contribution >= 4 is 33.0 Å². The highest BCUT2D eigenvalue weighted by Gasteiger charge is 2.22. The minimum absolute atomic E-state index is 0.120. The van der Waals surface area contributed by atoms with Gasteiger partial charge in [0.1, 0.15) is 9.96 Å². The van der Waals surface area contributed by atoms with E-state index in [2.05, 4.69) is 10.3 Å². The zero-order valence-corrected chi connectivity index (χ0v) is 17.4. The van der Waals surface area contributed by atoms with Crippen LogP contribution >= 0.6 is 11.3 Å². The number of nitrogens with one attached hydrogen (secondary N) is 1. The van der Waals surface area contributed by atoms with Crippen LogP contribution in [0, 0.1) is 0 Å². The first-order valence-corrected chi connectivity index (χ1v) is 11.2. The Morgan fingerprint density at radius 1 is 1.14 bits per heavy atom. The molecule has 1 aromatic carbocycles. The topological polar surface area (TPSA) is 88.6 Å². The van der Waals surface area contributed by atoms with E-state index in [0.29, 0.717) is 24.4 Å². The molecular formula is C20H21N3O4S2. The summed E-state index contributed by atoms with van der Waals surface area (Å²) in [6.07, 6.45) is 2.36. The summed E-state index contributed by atoms with van der Waals surface area (Å²) in [4.78, 5) is 16.1. The average Bonchev–Trinajstić information content (AvgIpc) is 3.29. The third-order valence-corrected chi connectivity index (χ3v) is 7.27. The van der Waals surface area contributed by atoms with Gasteiger partial charge in [0.05, 0.1) is 5.69 Å². The van der Waals surface area contributed by atoms with Gasteiger partial charge < -0.3 is 10.1 Å². The number of carbonyl (C=O) groups excluding carboxylic acids is 1. The van der Waals surface area contributed by atoms with Crippen LogP contribution in [0.4, 0.5) is 5.69 Å². The first-order valence-electron chi connectivity index (χ1n) is 8.89. The van der Waals surface area contributed by atoms with E-state index in [9.17, 15) is 13.2 Å². The van der Waals surface area contributed by atoms with Crippen LogP contribution in [0.1, 0.15) is 5.69 Å². The molecule has 0 spiro atoms. The van der Waals surface area contributed by atoms with Crippen LogP contribution in [-0.2, 0) is 21.2 Å². The van der Waals surface area contributed by atoms with Crippen LogP contribution < -0.4 is 14.4 Å². The van der Waals surface area contributed by atoms with Crippen molar-refractivity contribution in [2.24, 2.45) is 0 Å². The lowest BCUT2D eigenvalue weighted by molar-refractivity contribution is -0.123. The Kier molecular flexibility index (Phi) is 6.84. The molecule has 152 valence electrons. The Bertz CT molecular complexity index is 1020. The largest absolute Gasteiger partial charge is 0.484 e. The van der Waals surface area contributed by atoms with Gasteiger partial charge in [0, 0.05) is 31.9 Å². The number of benzene rings is 1. The van der Waals surface area contributed by atoms with Gasteiger partial charge in [-0.25, -0.2) is 8.42 Å². The Hall–Kier alpha value is -2.91. The first kappa shape index (κ1) is 20.8. The molecule has 0 aliphatic rings. The van der Waals surface area contributed by atoms with E-state index in [1.54, 1.807) is 48.0 Å². The molecule has 1 amide bonds. The van der Waals surface area contributed by atoms with Gasteiger partial charge in [-0.2, -0.15) is 0 Å². The number of anilines is 1. The number of hydrogen-bond acceptors (Lipinski definition) is 6. The maximum absolute atomic E-state index is 12.5. The number of amides is 1. The molecule has 3 rings (SSSR count). The van der Waals surface area contributed by atoms with Crippen molar-refractivity contribution in [3.63, 3.8) is 0 Å². The van der Waals surface area contributed by atoms with Gasteiger partial charge in [-0.3, -0.25) is 14.1 Å². The van der Waals surface area contributed by atoms with Crippen LogP contribution in [0.15, 0.2) is 70.4 Å². The number of aromatic nitrogens is 1. The standard InChI is InChI=1S/C20H21N3O4S2/c1-23(29(25,26)20-6-4-14-28-20)17-7-9-18(10-8-17)27-15-19(24)22-13-11-16-5-2-3-12-21-16/h2-10,12,14H,11,13,15H2,1H3,(H,22,24). The monoisotopic (exact) mass is 431 g/mol. The second-order valence-corrected chi connectivity index (χ2v) is 9.25. The number of pyridine rings is 1. The van der Waals surface area contributed by atoms with E-state index in [1.165, 1.54) is 22.7 Å². The Morgan fingerprint density at radius 3 is 2.59 bits per heavy atom. The Balaban J connectivity index is 1.48. The van der Waals surface area contributed by atoms with Crippen LogP contribution in [-0.4, -0.2) is 39.5 Å². The lowest BCUT2D eigenvalue weighted by Gasteiger charge is -2.18. The predicted octanol–water partition coefficient (Wildman–Crippen LogP) is 2.71. The summed E-state index contributed by atoms with van der Waals surface area (Å²) in [6.45, 7) is 0.356. The van der Waals surface area contributed by atoms with Gasteiger partial charge >= 0.3 is 0 Å². The molecule has 0 fully saturated rings. The molecular weight excluding hydrogens is 410 g/mol. The van der Waals surface area contributed by atoms with Crippen LogP contribution in [0.5, 0.6) is 5.75 Å². The normalized spacial score (nSPS) is 11.1. The molecule has 2 heterocycles. The highest BCUT2D eigenvalue weighted by molar-refractivity contribution is 7.94. The lowest BCUT2D eigenvalue weighted by atomic mass is 10.3. The number of rotatable bonds is 9. The average molecular weight is 432 g/mol. The van der Waals surface area contributed by atoms with E-state index in [1.807, 2.05) is 18.2 Å². The summed E-state index contributed by atoms with van der Waals surface area (Å²) in [5, 5.41) is 4.50. The zero-order valence-electron chi connectivity index (χ0n) is 15.8. The van der Waals surface area contributed by atoms with Crippen molar-refractivity contribution in [3.8, 4) is 5.75 Å². The predicted molar refractivity (Wildman–Crippen MR) is 113 cm³/mol. The molecule has 2 aromatic heterocycles. The van der Waals surface area contributed by atoms with Gasteiger partial charge in [0.15, 0.2) is 6.61 Å². The van der Waals surface area contributed by atoms with Gasteiger partial charge in [0.2, 0.25) is 0 Å². The number of carbonyl (C=O) groups is 1. The highest BCUT2D eigenvalue weighted by Crippen LogP contribution is 2.26. The second-order valence-electron chi connectivity index (χ2n) is 6.11. The fraction of sp³-hybridized carbons (Fsp3) is 0.200. The summed E-state index contributed by atoms with van der Waals surface area (Å²) in [5.41, 5.74) is 1.41. The molecule has 29 heavy (non-hydrogen) atoms. The quantitative estimate of drug-likeness (QED) is 0.563. The summed E-state index contributed by atoms with van der Waals surface area (Å²) in [7, 11) is -2.08. The van der Waals surface area contributed by atoms with E-state index < -0.39 is 10.0 Å². The molecule has 0 saturated heterocycles. The molecule has 0 aliphatic carbocycles. The van der Waals surface area contributed by atoms with Gasteiger partial charge in [-0.1, -0.05) is 12.1 Å². The summed E-state index contributed by atoms with van der Waals surface area (Å²) in [5.74, 6) is 0.248. The molecule has 0 radical (unpaired) electrons. The Labute approximate surface area is 174 Å². The third-order valence-electron chi connectivity index (χ3n) is 4.11. The van der Waals surface area contributed by atoms with E-state index >= 15 is 0 Å². The zero-order chi connectivity index (χ0) is 20.7. The molecule has 0 atom stereocenters. The fourth-order valence-corrected chi connectivity index (χ4v) is 4.87. The van der Waals surface area contributed by atoms with Crippen molar-refractivity contribution in [2.75, 3.05) is 24.5 Å². The van der Waals surface area contributed by atoms with Crippen LogP contribution in [0.2, 0.25) is 0 Å². The van der Waals surface area contributed by atoms with Crippen LogP contribution in [0.3, 0.4) is 0 Å². The molecule has 0 unspecified atom stereocenters. The summed E-state index contributed by atoms with van der Waals surface area (Å²) in [6, 6.07) is 15.5. The van der Waals surface area contributed by atoms with Crippen molar-refractivity contribution < 1.29 is 17.9 Å². The van der Waals surface area contributed by atoms with Crippen molar-refractivity contribution in [1.29, 1.82) is 0 Å². The van der Waals surface area contributed by atoms with E-state index in [-0.39, 0.29) is 16.7 Å².